The molecule has 0 saturated heterocycles. The summed E-state index contributed by atoms with van der Waals surface area (Å²) in [5.74, 6) is -0.573. The molecule has 6 nitrogen and oxygen atoms in total. The van der Waals surface area contributed by atoms with Crippen molar-refractivity contribution in [3.05, 3.63) is 59.4 Å². The lowest BCUT2D eigenvalue weighted by atomic mass is 9.87. The van der Waals surface area contributed by atoms with Crippen molar-refractivity contribution in [2.24, 2.45) is 0 Å². The average Bonchev–Trinajstić information content (AvgIpc) is 2.60. The van der Waals surface area contributed by atoms with Crippen LogP contribution in [0.4, 0.5) is 5.69 Å². The smallest absolute Gasteiger partial charge is 0.270 e. The molecule has 8 heteroatoms. The molecule has 0 bridgehead atoms. The topological polar surface area (TPSA) is 97.1 Å². The number of carbonyl (C=O) groups excluding carboxylic acids is 2. The zero-order valence-electron chi connectivity index (χ0n) is 14.1. The summed E-state index contributed by atoms with van der Waals surface area (Å²) in [6.45, 7) is -0.0732. The van der Waals surface area contributed by atoms with Crippen LogP contribution in [-0.2, 0) is 11.2 Å². The lowest BCUT2D eigenvalue weighted by molar-refractivity contribution is -0.121. The molecule has 3 rings (SSSR count). The Morgan fingerprint density at radius 2 is 2.00 bits per heavy atom. The first-order valence-electron chi connectivity index (χ1n) is 8.00. The number of carbonyl (C=O) groups is 2. The number of amides is 2. The minimum atomic E-state index is -0.359. The van der Waals surface area contributed by atoms with Crippen LogP contribution in [0.3, 0.4) is 0 Å². The minimum Gasteiger partial charge on any atom is -0.399 e. The first kappa shape index (κ1) is 21.7. The van der Waals surface area contributed by atoms with Crippen LogP contribution in [0.2, 0.25) is 0 Å². The Kier molecular flexibility index (Phi) is 8.35. The van der Waals surface area contributed by atoms with E-state index in [1.807, 2.05) is 18.2 Å². The molecule has 0 radical (unpaired) electrons. The van der Waals surface area contributed by atoms with E-state index < -0.39 is 0 Å². The molecule has 4 N–H and O–H groups in total. The summed E-state index contributed by atoms with van der Waals surface area (Å²) in [5.41, 5.74) is 9.15. The van der Waals surface area contributed by atoms with Crippen molar-refractivity contribution in [1.29, 1.82) is 0 Å². The molecule has 1 aliphatic rings. The van der Waals surface area contributed by atoms with E-state index in [-0.39, 0.29) is 49.2 Å². The summed E-state index contributed by atoms with van der Waals surface area (Å²) in [4.78, 5) is 28.0. The monoisotopic (exact) mass is 396 g/mol. The van der Waals surface area contributed by atoms with Crippen molar-refractivity contribution in [3.63, 3.8) is 0 Å². The van der Waals surface area contributed by atoms with E-state index in [1.54, 1.807) is 24.4 Å². The van der Waals surface area contributed by atoms with Gasteiger partial charge in [0.2, 0.25) is 5.91 Å². The van der Waals surface area contributed by atoms with E-state index in [0.29, 0.717) is 5.69 Å². The molecule has 1 unspecified atom stereocenters. The lowest BCUT2D eigenvalue weighted by Crippen LogP contribution is -2.39. The number of anilines is 1. The van der Waals surface area contributed by atoms with E-state index in [0.717, 1.165) is 30.5 Å². The predicted octanol–water partition coefficient (Wildman–Crippen LogP) is 2.43. The highest BCUT2D eigenvalue weighted by molar-refractivity contribution is 5.94. The van der Waals surface area contributed by atoms with Gasteiger partial charge < -0.3 is 16.4 Å². The Labute approximate surface area is 164 Å². The third-order valence-corrected chi connectivity index (χ3v) is 4.12. The number of benzene rings is 1. The Morgan fingerprint density at radius 3 is 2.73 bits per heavy atom. The molecular weight excluding hydrogens is 375 g/mol. The number of nitrogens with one attached hydrogen (secondary N) is 2. The van der Waals surface area contributed by atoms with E-state index >= 15 is 0 Å². The molecule has 1 aromatic carbocycles. The molecule has 140 valence electrons. The van der Waals surface area contributed by atoms with Gasteiger partial charge >= 0.3 is 0 Å². The maximum absolute atomic E-state index is 12.2. The fourth-order valence-electron chi connectivity index (χ4n) is 2.98. The highest BCUT2D eigenvalue weighted by Gasteiger charge is 2.22. The van der Waals surface area contributed by atoms with E-state index in [2.05, 4.69) is 15.6 Å². The van der Waals surface area contributed by atoms with Crippen molar-refractivity contribution in [2.45, 2.75) is 25.3 Å². The highest BCUT2D eigenvalue weighted by atomic mass is 35.5. The average molecular weight is 397 g/mol. The van der Waals surface area contributed by atoms with Crippen LogP contribution in [0.15, 0.2) is 42.6 Å². The standard InChI is InChI=1S/C18H20N4O2.2ClH/c19-13-7-8-14-12(10-13)4-3-6-15(14)22-17(23)11-21-18(24)16-5-1-2-9-20-16;;/h1-2,5,7-10,15H,3-4,6,11,19H2,(H,21,24)(H,22,23);2*1H. The molecule has 26 heavy (non-hydrogen) atoms. The van der Waals surface area contributed by atoms with Gasteiger partial charge in [-0.1, -0.05) is 12.1 Å². The van der Waals surface area contributed by atoms with Gasteiger partial charge in [0.1, 0.15) is 5.69 Å². The van der Waals surface area contributed by atoms with Crippen molar-refractivity contribution in [3.8, 4) is 0 Å². The molecule has 1 aromatic heterocycles. The highest BCUT2D eigenvalue weighted by Crippen LogP contribution is 2.30. The minimum absolute atomic E-state index is 0. The van der Waals surface area contributed by atoms with Crippen LogP contribution in [0.5, 0.6) is 0 Å². The number of halogens is 2. The second-order valence-corrected chi connectivity index (χ2v) is 5.87. The van der Waals surface area contributed by atoms with Gasteiger partial charge in [0.15, 0.2) is 0 Å². The van der Waals surface area contributed by atoms with Gasteiger partial charge in [0.25, 0.3) is 5.91 Å². The number of nitrogens with zero attached hydrogens (tertiary/aromatic N) is 1. The maximum atomic E-state index is 12.2. The molecule has 2 aromatic rings. The maximum Gasteiger partial charge on any atom is 0.270 e. The van der Waals surface area contributed by atoms with E-state index in [4.69, 9.17) is 5.73 Å². The SMILES string of the molecule is Cl.Cl.Nc1ccc2c(c1)CCCC2NC(=O)CNC(=O)c1ccccn1. The first-order chi connectivity index (χ1) is 11.6. The first-order valence-corrected chi connectivity index (χ1v) is 8.00. The van der Waals surface area contributed by atoms with Crippen LogP contribution in [0.1, 0.15) is 40.5 Å². The van der Waals surface area contributed by atoms with Gasteiger partial charge in [-0.2, -0.15) is 0 Å². The third-order valence-electron chi connectivity index (χ3n) is 4.12. The van der Waals surface area contributed by atoms with Crippen LogP contribution < -0.4 is 16.4 Å². The van der Waals surface area contributed by atoms with Crippen molar-refractivity contribution < 1.29 is 9.59 Å². The van der Waals surface area contributed by atoms with Gasteiger partial charge in [-0.25, -0.2) is 0 Å². The third kappa shape index (κ3) is 5.34. The van der Waals surface area contributed by atoms with Crippen molar-refractivity contribution in [2.75, 3.05) is 12.3 Å². The van der Waals surface area contributed by atoms with Crippen LogP contribution in [0.25, 0.3) is 0 Å². The summed E-state index contributed by atoms with van der Waals surface area (Å²) < 4.78 is 0. The predicted molar refractivity (Wildman–Crippen MR) is 106 cm³/mol. The summed E-state index contributed by atoms with van der Waals surface area (Å²) in [7, 11) is 0. The number of nitrogens with two attached hydrogens (primary N) is 1. The van der Waals surface area contributed by atoms with Gasteiger partial charge in [-0.3, -0.25) is 14.6 Å². The van der Waals surface area contributed by atoms with Crippen molar-refractivity contribution >= 4 is 42.3 Å². The molecule has 0 fully saturated rings. The quantitative estimate of drug-likeness (QED) is 0.691. The van der Waals surface area contributed by atoms with Gasteiger partial charge in [-0.05, 0) is 54.7 Å². The molecule has 0 aliphatic heterocycles. The zero-order valence-corrected chi connectivity index (χ0v) is 15.7. The van der Waals surface area contributed by atoms with Crippen molar-refractivity contribution in [1.82, 2.24) is 15.6 Å². The Balaban J connectivity index is 0.00000169. The second kappa shape index (κ2) is 9.99. The zero-order chi connectivity index (χ0) is 16.9. The van der Waals surface area contributed by atoms with E-state index in [9.17, 15) is 9.59 Å². The van der Waals surface area contributed by atoms with Crippen LogP contribution >= 0.6 is 24.8 Å². The van der Waals surface area contributed by atoms with Crippen LogP contribution in [-0.4, -0.2) is 23.3 Å². The Hall–Kier alpha value is -2.31. The molecule has 1 atom stereocenters. The number of hydrogen-bond donors (Lipinski definition) is 3. The second-order valence-electron chi connectivity index (χ2n) is 5.87. The summed E-state index contributed by atoms with van der Waals surface area (Å²) >= 11 is 0. The number of hydrogen-bond acceptors (Lipinski definition) is 4. The molecule has 2 amide bonds. The molecule has 1 heterocycles. The largest absolute Gasteiger partial charge is 0.399 e. The van der Waals surface area contributed by atoms with E-state index in [1.165, 1.54) is 5.56 Å². The van der Waals surface area contributed by atoms with Gasteiger partial charge in [-0.15, -0.1) is 24.8 Å². The molecule has 0 spiro atoms. The number of aromatic nitrogens is 1. The Morgan fingerprint density at radius 1 is 1.19 bits per heavy atom. The number of pyridine rings is 1. The fraction of sp³-hybridized carbons (Fsp3) is 0.278. The molecular formula is C18H22Cl2N4O2. The number of fused-ring (bicyclic) bond motifs is 1. The van der Waals surface area contributed by atoms with Gasteiger partial charge in [0.05, 0.1) is 12.6 Å². The summed E-state index contributed by atoms with van der Waals surface area (Å²) in [6.07, 6.45) is 4.40. The number of aryl methyl sites for hydroxylation is 1. The van der Waals surface area contributed by atoms with Gasteiger partial charge in [0, 0.05) is 11.9 Å². The number of rotatable bonds is 4. The summed E-state index contributed by atoms with van der Waals surface area (Å²) in [6, 6.07) is 10.8. The lowest BCUT2D eigenvalue weighted by Gasteiger charge is -2.26. The molecule has 1 aliphatic carbocycles. The number of nitrogen functional groups attached to an aromatic ring is 1. The summed E-state index contributed by atoms with van der Waals surface area (Å²) in [5, 5.41) is 5.57. The van der Waals surface area contributed by atoms with Crippen LogP contribution in [0, 0.1) is 0 Å². The molecule has 0 saturated carbocycles. The Bertz CT molecular complexity index is 756. The fourth-order valence-corrected chi connectivity index (χ4v) is 2.98. The normalized spacial score (nSPS) is 14.8.